The number of hydrogen-bond donors (Lipinski definition) is 1. The zero-order valence-electron chi connectivity index (χ0n) is 11.2. The summed E-state index contributed by atoms with van der Waals surface area (Å²) in [7, 11) is 0. The van der Waals surface area contributed by atoms with Crippen molar-refractivity contribution in [2.24, 2.45) is 0 Å². The molecule has 2 nitrogen and oxygen atoms in total. The van der Waals surface area contributed by atoms with E-state index in [0.717, 1.165) is 6.07 Å². The quantitative estimate of drug-likeness (QED) is 0.832. The molecule has 0 atom stereocenters. The summed E-state index contributed by atoms with van der Waals surface area (Å²) in [6.07, 6.45) is 0. The Kier molecular flexibility index (Phi) is 3.71. The van der Waals surface area contributed by atoms with Crippen LogP contribution in [-0.4, -0.2) is 0 Å². The van der Waals surface area contributed by atoms with Gasteiger partial charge in [0, 0.05) is 11.8 Å². The van der Waals surface area contributed by atoms with E-state index in [9.17, 15) is 14.0 Å². The lowest BCUT2D eigenvalue weighted by atomic mass is 9.88. The Morgan fingerprint density at radius 2 is 1.70 bits per heavy atom. The van der Waals surface area contributed by atoms with Gasteiger partial charge in [0.2, 0.25) is 0 Å². The minimum atomic E-state index is -0.648. The Balaban J connectivity index is 2.77. The van der Waals surface area contributed by atoms with Gasteiger partial charge in [-0.25, -0.2) is 8.78 Å². The molecule has 0 saturated heterocycles. The minimum absolute atomic E-state index is 0.00878. The number of nitriles is 1. The largest absolute Gasteiger partial charge is 0.398 e. The van der Waals surface area contributed by atoms with E-state index < -0.39 is 11.6 Å². The van der Waals surface area contributed by atoms with Gasteiger partial charge in [-0.3, -0.25) is 0 Å². The maximum absolute atomic E-state index is 13.4. The number of anilines is 1. The molecule has 20 heavy (non-hydrogen) atoms. The predicted molar refractivity (Wildman–Crippen MR) is 75.0 cm³/mol. The van der Waals surface area contributed by atoms with Crippen LogP contribution in [0.3, 0.4) is 0 Å². The van der Waals surface area contributed by atoms with Gasteiger partial charge in [-0.2, -0.15) is 5.26 Å². The van der Waals surface area contributed by atoms with Crippen LogP contribution in [0.25, 0.3) is 11.1 Å². The van der Waals surface area contributed by atoms with Gasteiger partial charge in [-0.05, 0) is 40.8 Å². The average molecular weight is 272 g/mol. The standard InChI is InChI=1S/C16H14F2N2/c1-9(2)16-13(3-4-15(20)14(16)8-19)10-5-11(17)7-12(18)6-10/h3-7,9H,20H2,1-2H3. The summed E-state index contributed by atoms with van der Waals surface area (Å²) < 4.78 is 26.8. The highest BCUT2D eigenvalue weighted by molar-refractivity contribution is 5.75. The van der Waals surface area contributed by atoms with Gasteiger partial charge in [0.15, 0.2) is 0 Å². The van der Waals surface area contributed by atoms with Crippen molar-refractivity contribution in [3.63, 3.8) is 0 Å². The fourth-order valence-electron chi connectivity index (χ4n) is 2.32. The molecule has 0 aliphatic carbocycles. The van der Waals surface area contributed by atoms with Crippen molar-refractivity contribution in [2.75, 3.05) is 5.73 Å². The lowest BCUT2D eigenvalue weighted by Crippen LogP contribution is -2.02. The van der Waals surface area contributed by atoms with Crippen molar-refractivity contribution < 1.29 is 8.78 Å². The number of halogens is 2. The Morgan fingerprint density at radius 3 is 2.20 bits per heavy atom. The highest BCUT2D eigenvalue weighted by Gasteiger charge is 2.17. The molecule has 0 radical (unpaired) electrons. The van der Waals surface area contributed by atoms with E-state index in [0.29, 0.717) is 27.9 Å². The fraction of sp³-hybridized carbons (Fsp3) is 0.188. The zero-order chi connectivity index (χ0) is 14.9. The van der Waals surface area contributed by atoms with Crippen molar-refractivity contribution >= 4 is 5.69 Å². The first-order valence-corrected chi connectivity index (χ1v) is 6.23. The summed E-state index contributed by atoms with van der Waals surface area (Å²) >= 11 is 0. The van der Waals surface area contributed by atoms with Crippen molar-refractivity contribution in [3.8, 4) is 17.2 Å². The average Bonchev–Trinajstić information content (AvgIpc) is 2.36. The summed E-state index contributed by atoms with van der Waals surface area (Å²) in [6, 6.07) is 8.68. The molecule has 2 aromatic rings. The van der Waals surface area contributed by atoms with Gasteiger partial charge in [0.1, 0.15) is 17.7 Å². The molecule has 0 amide bonds. The molecule has 0 spiro atoms. The predicted octanol–water partition coefficient (Wildman–Crippen LogP) is 4.21. The molecule has 2 rings (SSSR count). The van der Waals surface area contributed by atoms with Crippen LogP contribution in [0.1, 0.15) is 30.9 Å². The first-order chi connectivity index (χ1) is 9.43. The third kappa shape index (κ3) is 2.48. The van der Waals surface area contributed by atoms with Crippen molar-refractivity contribution in [1.82, 2.24) is 0 Å². The molecule has 0 heterocycles. The van der Waals surface area contributed by atoms with E-state index in [-0.39, 0.29) is 5.92 Å². The van der Waals surface area contributed by atoms with Crippen LogP contribution in [0.2, 0.25) is 0 Å². The van der Waals surface area contributed by atoms with Crippen molar-refractivity contribution in [2.45, 2.75) is 19.8 Å². The molecule has 2 N–H and O–H groups in total. The van der Waals surface area contributed by atoms with Crippen LogP contribution in [0, 0.1) is 23.0 Å². The van der Waals surface area contributed by atoms with E-state index in [2.05, 4.69) is 6.07 Å². The second-order valence-electron chi connectivity index (χ2n) is 4.92. The molecule has 0 saturated carbocycles. The normalized spacial score (nSPS) is 10.6. The third-order valence-electron chi connectivity index (χ3n) is 3.14. The van der Waals surface area contributed by atoms with Crippen LogP contribution in [0.15, 0.2) is 30.3 Å². The summed E-state index contributed by atoms with van der Waals surface area (Å²) in [5.41, 5.74) is 8.28. The molecule has 2 aromatic carbocycles. The SMILES string of the molecule is CC(C)c1c(-c2cc(F)cc(F)c2)ccc(N)c1C#N. The first-order valence-electron chi connectivity index (χ1n) is 6.23. The zero-order valence-corrected chi connectivity index (χ0v) is 11.2. The summed E-state index contributed by atoms with van der Waals surface area (Å²) in [5.74, 6) is -1.29. The van der Waals surface area contributed by atoms with Crippen molar-refractivity contribution in [3.05, 3.63) is 53.1 Å². The summed E-state index contributed by atoms with van der Waals surface area (Å²) in [6.45, 7) is 3.82. The number of benzene rings is 2. The summed E-state index contributed by atoms with van der Waals surface area (Å²) in [5, 5.41) is 9.25. The Hall–Kier alpha value is -2.41. The number of rotatable bonds is 2. The molecular formula is C16H14F2N2. The van der Waals surface area contributed by atoms with Crippen LogP contribution < -0.4 is 5.73 Å². The third-order valence-corrected chi connectivity index (χ3v) is 3.14. The Labute approximate surface area is 116 Å². The number of nitrogens with zero attached hydrogens (tertiary/aromatic N) is 1. The van der Waals surface area contributed by atoms with E-state index in [1.54, 1.807) is 12.1 Å². The van der Waals surface area contributed by atoms with Crippen LogP contribution in [-0.2, 0) is 0 Å². The highest BCUT2D eigenvalue weighted by Crippen LogP contribution is 2.35. The van der Waals surface area contributed by atoms with Gasteiger partial charge in [0.25, 0.3) is 0 Å². The molecule has 4 heteroatoms. The Bertz CT molecular complexity index is 680. The van der Waals surface area contributed by atoms with Gasteiger partial charge >= 0.3 is 0 Å². The van der Waals surface area contributed by atoms with E-state index in [1.807, 2.05) is 13.8 Å². The topological polar surface area (TPSA) is 49.8 Å². The number of nitrogen functional groups attached to an aromatic ring is 1. The van der Waals surface area contributed by atoms with Crippen LogP contribution in [0.5, 0.6) is 0 Å². The highest BCUT2D eigenvalue weighted by atomic mass is 19.1. The Morgan fingerprint density at radius 1 is 1.10 bits per heavy atom. The van der Waals surface area contributed by atoms with Gasteiger partial charge < -0.3 is 5.73 Å². The molecule has 0 aliphatic heterocycles. The van der Waals surface area contributed by atoms with Crippen molar-refractivity contribution in [1.29, 1.82) is 5.26 Å². The molecular weight excluding hydrogens is 258 g/mol. The molecule has 0 unspecified atom stereocenters. The number of hydrogen-bond acceptors (Lipinski definition) is 2. The molecule has 0 bridgehead atoms. The van der Waals surface area contributed by atoms with E-state index in [1.165, 1.54) is 12.1 Å². The van der Waals surface area contributed by atoms with Crippen LogP contribution in [0.4, 0.5) is 14.5 Å². The first kappa shape index (κ1) is 14.0. The lowest BCUT2D eigenvalue weighted by molar-refractivity contribution is 0.584. The lowest BCUT2D eigenvalue weighted by Gasteiger charge is -2.16. The maximum Gasteiger partial charge on any atom is 0.126 e. The minimum Gasteiger partial charge on any atom is -0.398 e. The monoisotopic (exact) mass is 272 g/mol. The van der Waals surface area contributed by atoms with Gasteiger partial charge in [-0.1, -0.05) is 19.9 Å². The van der Waals surface area contributed by atoms with E-state index >= 15 is 0 Å². The second-order valence-corrected chi connectivity index (χ2v) is 4.92. The second kappa shape index (κ2) is 5.30. The van der Waals surface area contributed by atoms with E-state index in [4.69, 9.17) is 5.73 Å². The van der Waals surface area contributed by atoms with Gasteiger partial charge in [-0.15, -0.1) is 0 Å². The maximum atomic E-state index is 13.4. The molecule has 0 aliphatic rings. The smallest absolute Gasteiger partial charge is 0.126 e. The van der Waals surface area contributed by atoms with Gasteiger partial charge in [0.05, 0.1) is 5.56 Å². The van der Waals surface area contributed by atoms with Crippen LogP contribution >= 0.6 is 0 Å². The summed E-state index contributed by atoms with van der Waals surface area (Å²) in [4.78, 5) is 0. The fourth-order valence-corrected chi connectivity index (χ4v) is 2.32. The molecule has 102 valence electrons. The molecule has 0 aromatic heterocycles. The molecule has 0 fully saturated rings. The number of nitrogens with two attached hydrogens (primary N) is 1.